The van der Waals surface area contributed by atoms with E-state index in [4.69, 9.17) is 22.5 Å². The lowest BCUT2D eigenvalue weighted by Crippen LogP contribution is -2.13. The highest BCUT2D eigenvalue weighted by Crippen LogP contribution is 2.25. The summed E-state index contributed by atoms with van der Waals surface area (Å²) in [5.74, 6) is 0.0982. The van der Waals surface area contributed by atoms with Gasteiger partial charge in [-0.05, 0) is 45.8 Å². The molecule has 0 aliphatic carbocycles. The largest absolute Gasteiger partial charge is 0.409 e. The number of nitrogens with one attached hydrogen (secondary N) is 1. The molecule has 0 saturated carbocycles. The predicted octanol–water partition coefficient (Wildman–Crippen LogP) is 3.81. The molecule has 2 aromatic rings. The van der Waals surface area contributed by atoms with E-state index >= 15 is 0 Å². The Morgan fingerprint density at radius 3 is 2.80 bits per heavy atom. The molecule has 0 atom stereocenters. The quantitative estimate of drug-likeness (QED) is 0.338. The summed E-state index contributed by atoms with van der Waals surface area (Å²) in [5, 5.41) is 15.6. The molecule has 0 bridgehead atoms. The fourth-order valence-electron chi connectivity index (χ4n) is 1.71. The van der Waals surface area contributed by atoms with E-state index in [9.17, 15) is 0 Å². The van der Waals surface area contributed by atoms with E-state index in [1.165, 1.54) is 0 Å². The van der Waals surface area contributed by atoms with Crippen LogP contribution in [-0.4, -0.2) is 11.0 Å². The van der Waals surface area contributed by atoms with Crippen molar-refractivity contribution in [2.24, 2.45) is 10.9 Å². The smallest absolute Gasteiger partial charge is 0.170 e. The van der Waals surface area contributed by atoms with Crippen LogP contribution in [0.25, 0.3) is 0 Å². The number of nitrogens with two attached hydrogens (primary N) is 1. The molecule has 4 nitrogen and oxygen atoms in total. The van der Waals surface area contributed by atoms with Gasteiger partial charge in [-0.15, -0.1) is 0 Å². The lowest BCUT2D eigenvalue weighted by molar-refractivity contribution is 0.318. The van der Waals surface area contributed by atoms with Gasteiger partial charge in [0.05, 0.1) is 5.02 Å². The van der Waals surface area contributed by atoms with Crippen LogP contribution in [0, 0.1) is 0 Å². The van der Waals surface area contributed by atoms with Crippen molar-refractivity contribution < 1.29 is 5.21 Å². The second kappa shape index (κ2) is 6.63. The Bertz CT molecular complexity index is 646. The number of halogens is 2. The lowest BCUT2D eigenvalue weighted by Gasteiger charge is -2.09. The van der Waals surface area contributed by atoms with Gasteiger partial charge in [-0.3, -0.25) is 0 Å². The van der Waals surface area contributed by atoms with Crippen molar-refractivity contribution >= 4 is 39.1 Å². The zero-order valence-corrected chi connectivity index (χ0v) is 12.8. The molecule has 0 heterocycles. The second-order valence-electron chi connectivity index (χ2n) is 4.17. The average molecular weight is 355 g/mol. The Hall–Kier alpha value is -1.72. The molecule has 0 spiro atoms. The maximum absolute atomic E-state index is 8.67. The molecule has 20 heavy (non-hydrogen) atoms. The molecule has 4 N–H and O–H groups in total. The fraction of sp³-hybridized carbons (Fsp3) is 0.0714. The molecular weight excluding hydrogens is 342 g/mol. The van der Waals surface area contributed by atoms with Crippen LogP contribution in [0.2, 0.25) is 5.02 Å². The standard InChI is InChI=1S/C14H13BrClN3O/c15-12-7-11(4-5-13(12)16)18-8-9-2-1-3-10(6-9)14(17)19-20/h1-7,18,20H,8H2,(H2,17,19). The minimum atomic E-state index is 0.0982. The van der Waals surface area contributed by atoms with Gasteiger partial charge in [0.25, 0.3) is 0 Å². The average Bonchev–Trinajstić information content (AvgIpc) is 2.48. The Kier molecular flexibility index (Phi) is 4.87. The Morgan fingerprint density at radius 1 is 1.30 bits per heavy atom. The summed E-state index contributed by atoms with van der Waals surface area (Å²) in [5.41, 5.74) is 8.23. The van der Waals surface area contributed by atoms with Crippen LogP contribution >= 0.6 is 27.5 Å². The van der Waals surface area contributed by atoms with E-state index < -0.39 is 0 Å². The molecule has 0 unspecified atom stereocenters. The van der Waals surface area contributed by atoms with Crippen LogP contribution < -0.4 is 11.1 Å². The van der Waals surface area contributed by atoms with Gasteiger partial charge in [-0.2, -0.15) is 0 Å². The van der Waals surface area contributed by atoms with Crippen LogP contribution in [0.1, 0.15) is 11.1 Å². The lowest BCUT2D eigenvalue weighted by atomic mass is 10.1. The summed E-state index contributed by atoms with van der Waals surface area (Å²) >= 11 is 9.32. The van der Waals surface area contributed by atoms with Crippen LogP contribution in [0.3, 0.4) is 0 Å². The Balaban J connectivity index is 2.09. The second-order valence-corrected chi connectivity index (χ2v) is 5.43. The number of benzene rings is 2. The SMILES string of the molecule is N/C(=N/O)c1cccc(CNc2ccc(Cl)c(Br)c2)c1. The maximum Gasteiger partial charge on any atom is 0.170 e. The van der Waals surface area contributed by atoms with Crippen LogP contribution in [0.15, 0.2) is 52.1 Å². The number of amidine groups is 1. The van der Waals surface area contributed by atoms with Crippen LogP contribution in [0.4, 0.5) is 5.69 Å². The van der Waals surface area contributed by atoms with Gasteiger partial charge in [0.2, 0.25) is 0 Å². The van der Waals surface area contributed by atoms with Crippen molar-refractivity contribution in [2.45, 2.75) is 6.54 Å². The van der Waals surface area contributed by atoms with Crippen molar-refractivity contribution in [3.8, 4) is 0 Å². The summed E-state index contributed by atoms with van der Waals surface area (Å²) < 4.78 is 0.842. The first-order valence-electron chi connectivity index (χ1n) is 5.86. The number of nitrogens with zero attached hydrogens (tertiary/aromatic N) is 1. The van der Waals surface area contributed by atoms with E-state index in [0.717, 1.165) is 15.7 Å². The molecule has 0 radical (unpaired) electrons. The molecule has 2 rings (SSSR count). The maximum atomic E-state index is 8.67. The third-order valence-corrected chi connectivity index (χ3v) is 3.96. The molecule has 0 aliphatic heterocycles. The Labute approximate surface area is 130 Å². The minimum Gasteiger partial charge on any atom is -0.409 e. The number of hydrogen-bond acceptors (Lipinski definition) is 3. The van der Waals surface area contributed by atoms with Gasteiger partial charge in [0.1, 0.15) is 0 Å². The summed E-state index contributed by atoms with van der Waals surface area (Å²) in [6, 6.07) is 13.1. The predicted molar refractivity (Wildman–Crippen MR) is 85.4 cm³/mol. The molecule has 2 aromatic carbocycles. The first-order valence-corrected chi connectivity index (χ1v) is 7.03. The monoisotopic (exact) mass is 353 g/mol. The minimum absolute atomic E-state index is 0.0982. The number of oxime groups is 1. The summed E-state index contributed by atoms with van der Waals surface area (Å²) in [6.45, 7) is 0.626. The van der Waals surface area contributed by atoms with Gasteiger partial charge >= 0.3 is 0 Å². The number of anilines is 1. The molecule has 0 saturated heterocycles. The molecule has 0 aliphatic rings. The van der Waals surface area contributed by atoms with Crippen LogP contribution in [0.5, 0.6) is 0 Å². The molecule has 0 amide bonds. The van der Waals surface area contributed by atoms with Gasteiger partial charge in [-0.25, -0.2) is 0 Å². The molecule has 0 aromatic heterocycles. The van der Waals surface area contributed by atoms with E-state index in [0.29, 0.717) is 17.1 Å². The normalized spacial score (nSPS) is 11.4. The number of hydrogen-bond donors (Lipinski definition) is 3. The van der Waals surface area contributed by atoms with Crippen molar-refractivity contribution in [3.63, 3.8) is 0 Å². The highest BCUT2D eigenvalue weighted by molar-refractivity contribution is 9.10. The summed E-state index contributed by atoms with van der Waals surface area (Å²) in [6.07, 6.45) is 0. The number of rotatable bonds is 4. The molecule has 0 fully saturated rings. The third-order valence-electron chi connectivity index (χ3n) is 2.75. The van der Waals surface area contributed by atoms with Crippen LogP contribution in [-0.2, 0) is 6.54 Å². The zero-order chi connectivity index (χ0) is 14.5. The molecule has 104 valence electrons. The Morgan fingerprint density at radius 2 is 2.10 bits per heavy atom. The van der Waals surface area contributed by atoms with E-state index in [1.54, 1.807) is 6.07 Å². The van der Waals surface area contributed by atoms with E-state index in [-0.39, 0.29) is 5.84 Å². The first kappa shape index (κ1) is 14.7. The van der Waals surface area contributed by atoms with Gasteiger partial charge < -0.3 is 16.3 Å². The first-order chi connectivity index (χ1) is 9.60. The topological polar surface area (TPSA) is 70.6 Å². The molecular formula is C14H13BrClN3O. The van der Waals surface area contributed by atoms with Crippen molar-refractivity contribution in [1.29, 1.82) is 0 Å². The van der Waals surface area contributed by atoms with Crippen molar-refractivity contribution in [2.75, 3.05) is 5.32 Å². The van der Waals surface area contributed by atoms with Gasteiger partial charge in [0.15, 0.2) is 5.84 Å². The molecule has 6 heteroatoms. The van der Waals surface area contributed by atoms with Gasteiger partial charge in [-0.1, -0.05) is 35.0 Å². The van der Waals surface area contributed by atoms with E-state index in [2.05, 4.69) is 26.4 Å². The third kappa shape index (κ3) is 3.65. The highest BCUT2D eigenvalue weighted by atomic mass is 79.9. The summed E-state index contributed by atoms with van der Waals surface area (Å²) in [4.78, 5) is 0. The fourth-order valence-corrected chi connectivity index (χ4v) is 2.20. The highest BCUT2D eigenvalue weighted by Gasteiger charge is 2.02. The summed E-state index contributed by atoms with van der Waals surface area (Å²) in [7, 11) is 0. The van der Waals surface area contributed by atoms with E-state index in [1.807, 2.05) is 36.4 Å². The van der Waals surface area contributed by atoms with Crippen molar-refractivity contribution in [3.05, 3.63) is 63.1 Å². The van der Waals surface area contributed by atoms with Gasteiger partial charge in [0, 0.05) is 22.3 Å². The zero-order valence-electron chi connectivity index (χ0n) is 10.5. The van der Waals surface area contributed by atoms with Crippen molar-refractivity contribution in [1.82, 2.24) is 0 Å².